The van der Waals surface area contributed by atoms with Gasteiger partial charge in [0.1, 0.15) is 0 Å². The molecule has 0 radical (unpaired) electrons. The van der Waals surface area contributed by atoms with Crippen molar-refractivity contribution in [1.82, 2.24) is 4.98 Å². The zero-order valence-electron chi connectivity index (χ0n) is 12.3. The van der Waals surface area contributed by atoms with Gasteiger partial charge in [-0.2, -0.15) is 0 Å². The van der Waals surface area contributed by atoms with Gasteiger partial charge in [-0.3, -0.25) is 14.8 Å². The number of fused-ring (bicyclic) bond motifs is 1. The zero-order valence-corrected chi connectivity index (χ0v) is 13.0. The van der Waals surface area contributed by atoms with Crippen LogP contribution in [0.5, 0.6) is 0 Å². The lowest BCUT2D eigenvalue weighted by molar-refractivity contribution is 0.0999. The first-order valence-electron chi connectivity index (χ1n) is 7.50. The topological polar surface area (TPSA) is 42.3 Å². The molecule has 1 aromatic carbocycles. The second kappa shape index (κ2) is 6.84. The summed E-state index contributed by atoms with van der Waals surface area (Å²) in [6.45, 7) is 0. The van der Waals surface area contributed by atoms with Crippen LogP contribution >= 0.6 is 11.6 Å². The lowest BCUT2D eigenvalue weighted by atomic mass is 9.98. The van der Waals surface area contributed by atoms with Crippen LogP contribution in [0.25, 0.3) is 0 Å². The number of nitrogens with zero attached hydrogens (tertiary/aromatic N) is 2. The normalized spacial score (nSPS) is 13.7. The highest BCUT2D eigenvalue weighted by atomic mass is 35.5. The van der Waals surface area contributed by atoms with Crippen molar-refractivity contribution in [1.29, 1.82) is 0 Å². The fourth-order valence-electron chi connectivity index (χ4n) is 2.64. The number of unbranched alkanes of at least 4 members (excludes halogenated alkanes) is 1. The van der Waals surface area contributed by atoms with E-state index in [1.54, 1.807) is 18.5 Å². The number of ketones is 1. The molecule has 2 aromatic rings. The van der Waals surface area contributed by atoms with Crippen LogP contribution in [0.15, 0.2) is 47.7 Å². The summed E-state index contributed by atoms with van der Waals surface area (Å²) >= 11 is 5.88. The summed E-state index contributed by atoms with van der Waals surface area (Å²) in [5, 5.41) is 0.770. The van der Waals surface area contributed by atoms with Gasteiger partial charge in [0.05, 0.1) is 11.3 Å². The van der Waals surface area contributed by atoms with Crippen LogP contribution in [0.2, 0.25) is 5.02 Å². The number of aliphatic imine (C=N–C) groups is 1. The Kier molecular flexibility index (Phi) is 4.64. The number of hydrogen-bond donors (Lipinski definition) is 0. The smallest absolute Gasteiger partial charge is 0.172 e. The van der Waals surface area contributed by atoms with E-state index in [0.717, 1.165) is 42.1 Å². The van der Waals surface area contributed by atoms with Crippen molar-refractivity contribution in [2.24, 2.45) is 4.99 Å². The van der Waals surface area contributed by atoms with Gasteiger partial charge in [0.15, 0.2) is 5.78 Å². The molecule has 0 fully saturated rings. The Balaban J connectivity index is 1.53. The number of rotatable bonds is 5. The van der Waals surface area contributed by atoms with Gasteiger partial charge < -0.3 is 0 Å². The van der Waals surface area contributed by atoms with Gasteiger partial charge in [0.2, 0.25) is 0 Å². The van der Waals surface area contributed by atoms with E-state index in [1.807, 2.05) is 12.1 Å². The molecule has 0 amide bonds. The Bertz CT molecular complexity index is 707. The van der Waals surface area contributed by atoms with E-state index in [0.29, 0.717) is 12.0 Å². The number of halogens is 1. The zero-order chi connectivity index (χ0) is 15.4. The molecular weight excluding hydrogens is 296 g/mol. The first-order valence-corrected chi connectivity index (χ1v) is 7.88. The lowest BCUT2D eigenvalue weighted by Gasteiger charge is -2.13. The number of carbonyl (C=O) groups excluding carboxylic acids is 1. The van der Waals surface area contributed by atoms with Gasteiger partial charge >= 0.3 is 0 Å². The lowest BCUT2D eigenvalue weighted by Crippen LogP contribution is -2.13. The molecular formula is C18H17ClN2O. The second-order valence-corrected chi connectivity index (χ2v) is 5.94. The van der Waals surface area contributed by atoms with Crippen LogP contribution in [-0.4, -0.2) is 16.5 Å². The molecule has 0 spiro atoms. The average Bonchev–Trinajstić information content (AvgIpc) is 2.53. The maximum atomic E-state index is 12.0. The predicted molar refractivity (Wildman–Crippen MR) is 89.3 cm³/mol. The molecule has 1 aliphatic heterocycles. The molecule has 1 aliphatic rings. The maximum absolute atomic E-state index is 12.0. The first-order chi connectivity index (χ1) is 10.7. The number of aryl methyl sites for hydroxylation is 1. The molecule has 0 aliphatic carbocycles. The highest BCUT2D eigenvalue weighted by Gasteiger charge is 2.19. The number of carbonyl (C=O) groups is 1. The van der Waals surface area contributed by atoms with E-state index in [1.165, 1.54) is 5.56 Å². The van der Waals surface area contributed by atoms with Crippen molar-refractivity contribution in [2.45, 2.75) is 32.1 Å². The minimum atomic E-state index is 0.130. The van der Waals surface area contributed by atoms with Gasteiger partial charge in [-0.15, -0.1) is 0 Å². The van der Waals surface area contributed by atoms with Gasteiger partial charge in [-0.25, -0.2) is 0 Å². The van der Waals surface area contributed by atoms with Crippen LogP contribution in [0.4, 0.5) is 5.69 Å². The molecule has 0 saturated carbocycles. The summed E-state index contributed by atoms with van der Waals surface area (Å²) in [5.74, 6) is 0.130. The molecule has 2 heterocycles. The van der Waals surface area contributed by atoms with Crippen molar-refractivity contribution in [3.05, 3.63) is 58.9 Å². The number of Topliss-reactive ketones (excluding diaryl/α,β-unsaturated/α-hetero) is 1. The molecule has 0 unspecified atom stereocenters. The summed E-state index contributed by atoms with van der Waals surface area (Å²) in [5.41, 5.74) is 3.69. The summed E-state index contributed by atoms with van der Waals surface area (Å²) in [4.78, 5) is 20.6. The van der Waals surface area contributed by atoms with E-state index in [-0.39, 0.29) is 5.78 Å². The van der Waals surface area contributed by atoms with E-state index in [4.69, 9.17) is 11.6 Å². The van der Waals surface area contributed by atoms with E-state index in [9.17, 15) is 4.79 Å². The summed E-state index contributed by atoms with van der Waals surface area (Å²) in [6, 6.07) is 9.78. The van der Waals surface area contributed by atoms with E-state index < -0.39 is 0 Å². The van der Waals surface area contributed by atoms with E-state index in [2.05, 4.69) is 22.1 Å². The molecule has 22 heavy (non-hydrogen) atoms. The summed E-state index contributed by atoms with van der Waals surface area (Å²) in [6.07, 6.45) is 7.74. The van der Waals surface area contributed by atoms with Gasteiger partial charge in [-0.1, -0.05) is 23.7 Å². The van der Waals surface area contributed by atoms with Crippen LogP contribution < -0.4 is 0 Å². The van der Waals surface area contributed by atoms with Crippen molar-refractivity contribution < 1.29 is 4.79 Å². The number of benzene rings is 1. The number of aromatic nitrogens is 1. The molecule has 4 heteroatoms. The molecule has 0 bridgehead atoms. The maximum Gasteiger partial charge on any atom is 0.172 e. The second-order valence-electron chi connectivity index (χ2n) is 5.50. The molecule has 0 atom stereocenters. The van der Waals surface area contributed by atoms with Crippen LogP contribution in [-0.2, 0) is 6.42 Å². The summed E-state index contributed by atoms with van der Waals surface area (Å²) < 4.78 is 0. The Hall–Kier alpha value is -2.00. The minimum absolute atomic E-state index is 0.130. The predicted octanol–water partition coefficient (Wildman–Crippen LogP) is 4.81. The minimum Gasteiger partial charge on any atom is -0.294 e. The first kappa shape index (κ1) is 14.9. The quantitative estimate of drug-likeness (QED) is 0.744. The number of hydrogen-bond acceptors (Lipinski definition) is 3. The third kappa shape index (κ3) is 3.60. The Labute approximate surface area is 135 Å². The van der Waals surface area contributed by atoms with Crippen molar-refractivity contribution >= 4 is 28.8 Å². The molecule has 0 N–H and O–H groups in total. The highest BCUT2D eigenvalue weighted by Crippen LogP contribution is 2.26. The van der Waals surface area contributed by atoms with Crippen LogP contribution in [0, 0.1) is 0 Å². The van der Waals surface area contributed by atoms with Gasteiger partial charge in [0.25, 0.3) is 0 Å². The molecule has 3 nitrogen and oxygen atoms in total. The van der Waals surface area contributed by atoms with Crippen molar-refractivity contribution in [3.63, 3.8) is 0 Å². The Morgan fingerprint density at radius 2 is 1.82 bits per heavy atom. The largest absolute Gasteiger partial charge is 0.294 e. The van der Waals surface area contributed by atoms with Gasteiger partial charge in [-0.05, 0) is 49.4 Å². The SMILES string of the molecule is O=C1CC(CCCCc2ccc(Cl)cc2)=Nc2ccncc21. The Morgan fingerprint density at radius 1 is 1.05 bits per heavy atom. The fraction of sp³-hybridized carbons (Fsp3) is 0.278. The molecule has 3 rings (SSSR count). The standard InChI is InChI=1S/C18H17ClN2O/c19-14-7-5-13(6-8-14)3-1-2-4-15-11-18(22)16-12-20-10-9-17(16)21-15/h5-10,12H,1-4,11H2. The van der Waals surface area contributed by atoms with Crippen LogP contribution in [0.3, 0.4) is 0 Å². The van der Waals surface area contributed by atoms with Gasteiger partial charge in [0, 0.05) is 29.5 Å². The third-order valence-corrected chi connectivity index (χ3v) is 4.09. The molecule has 0 saturated heterocycles. The average molecular weight is 313 g/mol. The molecule has 112 valence electrons. The number of pyridine rings is 1. The van der Waals surface area contributed by atoms with Crippen molar-refractivity contribution in [3.8, 4) is 0 Å². The summed E-state index contributed by atoms with van der Waals surface area (Å²) in [7, 11) is 0. The van der Waals surface area contributed by atoms with Crippen molar-refractivity contribution in [2.75, 3.05) is 0 Å². The third-order valence-electron chi connectivity index (χ3n) is 3.84. The Morgan fingerprint density at radius 3 is 2.64 bits per heavy atom. The van der Waals surface area contributed by atoms with E-state index >= 15 is 0 Å². The fourth-order valence-corrected chi connectivity index (χ4v) is 2.77. The molecule has 1 aromatic heterocycles. The van der Waals surface area contributed by atoms with Crippen LogP contribution in [0.1, 0.15) is 41.6 Å². The monoisotopic (exact) mass is 312 g/mol. The highest BCUT2D eigenvalue weighted by molar-refractivity contribution is 6.30.